The molecule has 2 aromatic carbocycles. The molecule has 0 aromatic heterocycles. The van der Waals surface area contributed by atoms with Crippen molar-refractivity contribution < 1.29 is 49.4 Å². The van der Waals surface area contributed by atoms with Gasteiger partial charge in [-0.15, -0.1) is 0 Å². The van der Waals surface area contributed by atoms with Crippen molar-refractivity contribution in [3.63, 3.8) is 0 Å². The number of rotatable bonds is 5. The van der Waals surface area contributed by atoms with Gasteiger partial charge in [0.25, 0.3) is 0 Å². The lowest BCUT2D eigenvalue weighted by molar-refractivity contribution is -0.142. The van der Waals surface area contributed by atoms with Crippen LogP contribution in [0.4, 0.5) is 39.5 Å². The molecule has 3 nitrogen and oxygen atoms in total. The van der Waals surface area contributed by atoms with Crippen molar-refractivity contribution in [3.8, 4) is 0 Å². The third-order valence-electron chi connectivity index (χ3n) is 6.80. The van der Waals surface area contributed by atoms with Crippen molar-refractivity contribution in [2.45, 2.75) is 63.7 Å². The number of carboxylic acid groups (broad SMARTS) is 1. The van der Waals surface area contributed by atoms with Crippen LogP contribution in [-0.4, -0.2) is 22.5 Å². The van der Waals surface area contributed by atoms with E-state index in [0.717, 1.165) is 24.3 Å². The minimum atomic E-state index is -4.96. The maximum absolute atomic E-state index is 13.8. The van der Waals surface area contributed by atoms with Crippen LogP contribution in [-0.2, 0) is 23.3 Å². The predicted octanol–water partition coefficient (Wildman–Crippen LogP) is 8.43. The van der Waals surface area contributed by atoms with E-state index in [-0.39, 0.29) is 36.9 Å². The van der Waals surface area contributed by atoms with Gasteiger partial charge in [0.1, 0.15) is 0 Å². The highest BCUT2D eigenvalue weighted by Crippen LogP contribution is 2.45. The van der Waals surface area contributed by atoms with E-state index in [1.165, 1.54) is 11.8 Å². The Hall–Kier alpha value is -3.02. The Morgan fingerprint density at radius 1 is 0.921 bits per heavy atom. The molecule has 38 heavy (non-hydrogen) atoms. The van der Waals surface area contributed by atoms with E-state index >= 15 is 0 Å². The molecule has 1 heterocycles. The first-order valence-corrected chi connectivity index (χ1v) is 11.6. The van der Waals surface area contributed by atoms with Crippen LogP contribution in [0.25, 0.3) is 0 Å². The lowest BCUT2D eigenvalue weighted by atomic mass is 9.85. The van der Waals surface area contributed by atoms with Gasteiger partial charge in [-0.2, -0.15) is 39.5 Å². The summed E-state index contributed by atoms with van der Waals surface area (Å²) in [5, 5.41) is 9.57. The molecule has 0 amide bonds. The molecule has 0 bridgehead atoms. The highest BCUT2D eigenvalue weighted by Gasteiger charge is 2.41. The first kappa shape index (κ1) is 29.5. The first-order chi connectivity index (χ1) is 17.4. The molecular weight excluding hydrogens is 529 g/mol. The van der Waals surface area contributed by atoms with Gasteiger partial charge < -0.3 is 5.11 Å². The highest BCUT2D eigenvalue weighted by atomic mass is 19.4. The predicted molar refractivity (Wildman–Crippen MR) is 120 cm³/mol. The molecule has 1 saturated heterocycles. The Bertz CT molecular complexity index is 1200. The van der Waals surface area contributed by atoms with Gasteiger partial charge in [0, 0.05) is 24.2 Å². The Morgan fingerprint density at radius 2 is 1.47 bits per heavy atom. The maximum Gasteiger partial charge on any atom is 0.416 e. The topological polar surface area (TPSA) is 40.5 Å². The van der Waals surface area contributed by atoms with Crippen molar-refractivity contribution in [3.05, 3.63) is 81.4 Å². The molecule has 12 heteroatoms. The number of piperidine rings is 1. The van der Waals surface area contributed by atoms with Gasteiger partial charge in [-0.25, -0.2) is 4.79 Å². The van der Waals surface area contributed by atoms with Crippen LogP contribution in [0.3, 0.4) is 0 Å². The van der Waals surface area contributed by atoms with Crippen LogP contribution in [0.1, 0.15) is 73.0 Å². The standard InChI is InChI=1S/C26H24F9NO2/c1-3-19(23(37)38)16-10-11-36(22(12-16)15-4-6-17(7-5-15)24(27,28)29)14(2)20-13-18(25(30,31)32)8-9-21(20)26(33,34)35/h4-9,13-14,22H,3,10-12H2,1-2H3,(H,37,38)/t14-,22-/m0/s1. The maximum atomic E-state index is 13.8. The summed E-state index contributed by atoms with van der Waals surface area (Å²) in [5.74, 6) is -1.19. The second kappa shape index (κ2) is 10.6. The minimum absolute atomic E-state index is 0.0213. The van der Waals surface area contributed by atoms with E-state index in [0.29, 0.717) is 23.8 Å². The molecule has 1 N–H and O–H groups in total. The van der Waals surface area contributed by atoms with Crippen molar-refractivity contribution in [1.82, 2.24) is 4.90 Å². The number of hydrogen-bond donors (Lipinski definition) is 1. The van der Waals surface area contributed by atoms with Gasteiger partial charge in [0.2, 0.25) is 0 Å². The Morgan fingerprint density at radius 3 is 1.95 bits per heavy atom. The fourth-order valence-corrected chi connectivity index (χ4v) is 4.89. The van der Waals surface area contributed by atoms with Crippen molar-refractivity contribution >= 4 is 5.97 Å². The van der Waals surface area contributed by atoms with Gasteiger partial charge in [-0.05, 0) is 67.6 Å². The van der Waals surface area contributed by atoms with E-state index in [9.17, 15) is 49.4 Å². The summed E-state index contributed by atoms with van der Waals surface area (Å²) in [6.45, 7) is 2.89. The number of likely N-dealkylation sites (tertiary alicyclic amines) is 1. The zero-order valence-electron chi connectivity index (χ0n) is 20.2. The average Bonchev–Trinajstić information content (AvgIpc) is 2.82. The quantitative estimate of drug-likeness (QED) is 0.299. The van der Waals surface area contributed by atoms with Gasteiger partial charge >= 0.3 is 24.5 Å². The molecule has 1 aliphatic heterocycles. The monoisotopic (exact) mass is 553 g/mol. The Balaban J connectivity index is 2.15. The summed E-state index contributed by atoms with van der Waals surface area (Å²) in [6.07, 6.45) is -14.3. The Kier molecular flexibility index (Phi) is 8.26. The molecule has 0 spiro atoms. The van der Waals surface area contributed by atoms with Crippen molar-refractivity contribution in [2.24, 2.45) is 0 Å². The molecule has 0 saturated carbocycles. The number of halogens is 9. The summed E-state index contributed by atoms with van der Waals surface area (Å²) in [6, 6.07) is 2.96. The number of alkyl halides is 9. The molecule has 0 unspecified atom stereocenters. The van der Waals surface area contributed by atoms with Crippen molar-refractivity contribution in [2.75, 3.05) is 6.54 Å². The van der Waals surface area contributed by atoms with Gasteiger partial charge in [0.05, 0.1) is 16.7 Å². The van der Waals surface area contributed by atoms with Crippen molar-refractivity contribution in [1.29, 1.82) is 0 Å². The third kappa shape index (κ3) is 6.33. The van der Waals surface area contributed by atoms with Crippen LogP contribution in [0, 0.1) is 0 Å². The zero-order valence-corrected chi connectivity index (χ0v) is 20.2. The number of benzene rings is 2. The van der Waals surface area contributed by atoms with E-state index in [2.05, 4.69) is 0 Å². The molecule has 2 atom stereocenters. The van der Waals surface area contributed by atoms with Gasteiger partial charge in [0.15, 0.2) is 0 Å². The summed E-state index contributed by atoms with van der Waals surface area (Å²) >= 11 is 0. The second-order valence-corrected chi connectivity index (χ2v) is 9.04. The van der Waals surface area contributed by atoms with Crippen LogP contribution in [0.15, 0.2) is 53.6 Å². The molecule has 2 aromatic rings. The summed E-state index contributed by atoms with van der Waals surface area (Å²) < 4.78 is 121. The average molecular weight is 553 g/mol. The van der Waals surface area contributed by atoms with Crippen LogP contribution >= 0.6 is 0 Å². The second-order valence-electron chi connectivity index (χ2n) is 9.04. The number of carboxylic acids is 1. The smallest absolute Gasteiger partial charge is 0.416 e. The SMILES string of the molecule is CCC(C(=O)O)=C1CCN([C@@H](C)c2cc(C(F)(F)F)ccc2C(F)(F)F)[C@H](c2ccc(C(F)(F)F)cc2)C1. The minimum Gasteiger partial charge on any atom is -0.478 e. The lowest BCUT2D eigenvalue weighted by Gasteiger charge is -2.42. The van der Waals surface area contributed by atoms with E-state index in [1.807, 2.05) is 0 Å². The van der Waals surface area contributed by atoms with Gasteiger partial charge in [-0.1, -0.05) is 24.6 Å². The zero-order chi connectivity index (χ0) is 28.6. The fraction of sp³-hybridized carbons (Fsp3) is 0.423. The van der Waals surface area contributed by atoms with Gasteiger partial charge in [-0.3, -0.25) is 4.90 Å². The van der Waals surface area contributed by atoms with Crippen LogP contribution < -0.4 is 0 Å². The molecule has 1 fully saturated rings. The van der Waals surface area contributed by atoms with Crippen LogP contribution in [0.5, 0.6) is 0 Å². The lowest BCUT2D eigenvalue weighted by Crippen LogP contribution is -2.37. The first-order valence-electron chi connectivity index (χ1n) is 11.6. The van der Waals surface area contributed by atoms with E-state index < -0.39 is 58.8 Å². The molecular formula is C26H24F9NO2. The molecule has 0 aliphatic carbocycles. The number of carbonyl (C=O) groups is 1. The molecule has 208 valence electrons. The molecule has 3 rings (SSSR count). The summed E-state index contributed by atoms with van der Waals surface area (Å²) in [7, 11) is 0. The number of nitrogens with zero attached hydrogens (tertiary/aromatic N) is 1. The Labute approximate surface area is 212 Å². The number of aliphatic carboxylic acids is 1. The normalized spacial score (nSPS) is 19.8. The fourth-order valence-electron chi connectivity index (χ4n) is 4.89. The molecule has 0 radical (unpaired) electrons. The summed E-state index contributed by atoms with van der Waals surface area (Å²) in [5.41, 5.74) is -3.28. The highest BCUT2D eigenvalue weighted by molar-refractivity contribution is 5.87. The largest absolute Gasteiger partial charge is 0.478 e. The third-order valence-corrected chi connectivity index (χ3v) is 6.80. The summed E-state index contributed by atoms with van der Waals surface area (Å²) in [4.78, 5) is 13.2. The number of hydrogen-bond acceptors (Lipinski definition) is 2. The molecule has 1 aliphatic rings. The van der Waals surface area contributed by atoms with E-state index in [4.69, 9.17) is 0 Å². The van der Waals surface area contributed by atoms with Crippen LogP contribution in [0.2, 0.25) is 0 Å². The van der Waals surface area contributed by atoms with E-state index in [1.54, 1.807) is 6.92 Å².